The third kappa shape index (κ3) is 2.15. The molecule has 1 aliphatic heterocycles. The molecular weight excluding hydrogens is 244 g/mol. The Kier molecular flexibility index (Phi) is 3.41. The van der Waals surface area contributed by atoms with Crippen LogP contribution in [-0.2, 0) is 9.16 Å². The second kappa shape index (κ2) is 4.36. The van der Waals surface area contributed by atoms with Gasteiger partial charge in [-0.3, -0.25) is 0 Å². The third-order valence-corrected chi connectivity index (χ3v) is 9.36. The molecule has 2 rings (SSSR count). The molecule has 0 bridgehead atoms. The van der Waals surface area contributed by atoms with Crippen LogP contribution in [0.3, 0.4) is 0 Å². The maximum absolute atomic E-state index is 10.2. The van der Waals surface area contributed by atoms with Gasteiger partial charge < -0.3 is 14.3 Å². The number of rotatable bonds is 2. The minimum absolute atomic E-state index is 0.0309. The van der Waals surface area contributed by atoms with E-state index in [-0.39, 0.29) is 11.1 Å². The van der Waals surface area contributed by atoms with Crippen molar-refractivity contribution in [2.45, 2.75) is 76.0 Å². The van der Waals surface area contributed by atoms with Crippen LogP contribution in [0, 0.1) is 0 Å². The second-order valence-corrected chi connectivity index (χ2v) is 11.9. The molecule has 104 valence electrons. The van der Waals surface area contributed by atoms with Crippen molar-refractivity contribution in [2.75, 3.05) is 0 Å². The van der Waals surface area contributed by atoms with Gasteiger partial charge in [-0.2, -0.15) is 0 Å². The summed E-state index contributed by atoms with van der Waals surface area (Å²) in [6.45, 7) is 11.2. The van der Waals surface area contributed by atoms with Crippen LogP contribution in [0.2, 0.25) is 18.1 Å². The topological polar surface area (TPSA) is 38.7 Å². The SMILES string of the molecule is CC(C)(C)[Si](C)(C)O[C@H]1CCC[C@]12OC=C[C@@H]2O. The summed E-state index contributed by atoms with van der Waals surface area (Å²) in [7, 11) is -1.81. The van der Waals surface area contributed by atoms with E-state index in [1.54, 1.807) is 12.3 Å². The lowest BCUT2D eigenvalue weighted by Crippen LogP contribution is -2.54. The molecule has 4 heteroatoms. The van der Waals surface area contributed by atoms with Crippen LogP contribution in [0.5, 0.6) is 0 Å². The quantitative estimate of drug-likeness (QED) is 0.783. The summed E-state index contributed by atoms with van der Waals surface area (Å²) < 4.78 is 12.2. The summed E-state index contributed by atoms with van der Waals surface area (Å²) in [5.74, 6) is 0. The lowest BCUT2D eigenvalue weighted by atomic mass is 9.94. The molecule has 2 aliphatic rings. The monoisotopic (exact) mass is 270 g/mol. The molecule has 1 heterocycles. The van der Waals surface area contributed by atoms with Crippen molar-refractivity contribution >= 4 is 8.32 Å². The summed E-state index contributed by atoms with van der Waals surface area (Å²) in [5, 5.41) is 10.4. The lowest BCUT2D eigenvalue weighted by Gasteiger charge is -2.43. The van der Waals surface area contributed by atoms with E-state index in [2.05, 4.69) is 33.9 Å². The van der Waals surface area contributed by atoms with Gasteiger partial charge in [-0.05, 0) is 43.5 Å². The summed E-state index contributed by atoms with van der Waals surface area (Å²) in [4.78, 5) is 0. The van der Waals surface area contributed by atoms with Gasteiger partial charge in [0, 0.05) is 0 Å². The van der Waals surface area contributed by atoms with Crippen molar-refractivity contribution in [2.24, 2.45) is 0 Å². The van der Waals surface area contributed by atoms with E-state index in [0.29, 0.717) is 0 Å². The molecule has 1 N–H and O–H groups in total. The van der Waals surface area contributed by atoms with Crippen LogP contribution in [0.15, 0.2) is 12.3 Å². The van der Waals surface area contributed by atoms with Crippen LogP contribution in [0.1, 0.15) is 40.0 Å². The average molecular weight is 270 g/mol. The van der Waals surface area contributed by atoms with E-state index in [1.807, 2.05) is 0 Å². The van der Waals surface area contributed by atoms with Gasteiger partial charge in [0.05, 0.1) is 12.4 Å². The highest BCUT2D eigenvalue weighted by Gasteiger charge is 2.54. The van der Waals surface area contributed by atoms with Gasteiger partial charge in [-0.15, -0.1) is 0 Å². The average Bonchev–Trinajstić information content (AvgIpc) is 2.76. The predicted molar refractivity (Wildman–Crippen MR) is 74.9 cm³/mol. The highest BCUT2D eigenvalue weighted by Crippen LogP contribution is 2.46. The van der Waals surface area contributed by atoms with Crippen molar-refractivity contribution in [3.05, 3.63) is 12.3 Å². The molecule has 1 aliphatic carbocycles. The predicted octanol–water partition coefficient (Wildman–Crippen LogP) is 3.20. The van der Waals surface area contributed by atoms with Crippen molar-refractivity contribution in [1.82, 2.24) is 0 Å². The Bertz CT molecular complexity index is 345. The smallest absolute Gasteiger partial charge is 0.192 e. The van der Waals surface area contributed by atoms with E-state index in [0.717, 1.165) is 19.3 Å². The fourth-order valence-electron chi connectivity index (χ4n) is 2.61. The molecule has 0 unspecified atom stereocenters. The van der Waals surface area contributed by atoms with Crippen LogP contribution < -0.4 is 0 Å². The highest BCUT2D eigenvalue weighted by atomic mass is 28.4. The summed E-state index contributed by atoms with van der Waals surface area (Å²) in [6, 6.07) is 0. The van der Waals surface area contributed by atoms with Crippen LogP contribution >= 0.6 is 0 Å². The first kappa shape index (κ1) is 14.1. The van der Waals surface area contributed by atoms with E-state index < -0.39 is 20.0 Å². The van der Waals surface area contributed by atoms with Crippen LogP contribution in [-0.4, -0.2) is 31.2 Å². The zero-order valence-electron chi connectivity index (χ0n) is 12.2. The Morgan fingerprint density at radius 2 is 2.06 bits per heavy atom. The Morgan fingerprint density at radius 3 is 2.56 bits per heavy atom. The zero-order chi connectivity index (χ0) is 13.6. The first-order valence-corrected chi connectivity index (χ1v) is 9.80. The standard InChI is InChI=1S/C14H26O3Si/c1-13(2,3)18(4,5)17-12-7-6-9-14(12)11(15)8-10-16-14/h8,10-12,15H,6-7,9H2,1-5H3/t11-,12-,14+/m0/s1. The number of aliphatic hydroxyl groups is 1. The fourth-order valence-corrected chi connectivity index (χ4v) is 3.99. The van der Waals surface area contributed by atoms with Gasteiger partial charge in [-0.1, -0.05) is 20.8 Å². The molecular formula is C14H26O3Si. The maximum Gasteiger partial charge on any atom is 0.192 e. The molecule has 1 saturated carbocycles. The summed E-state index contributed by atoms with van der Waals surface area (Å²) in [5.41, 5.74) is -0.504. The lowest BCUT2D eigenvalue weighted by molar-refractivity contribution is -0.0961. The minimum atomic E-state index is -1.81. The van der Waals surface area contributed by atoms with Crippen LogP contribution in [0.25, 0.3) is 0 Å². The van der Waals surface area contributed by atoms with Crippen molar-refractivity contribution in [3.63, 3.8) is 0 Å². The largest absolute Gasteiger partial charge is 0.489 e. The Hall–Kier alpha value is -0.323. The fraction of sp³-hybridized carbons (Fsp3) is 0.857. The molecule has 1 fully saturated rings. The number of hydrogen-bond donors (Lipinski definition) is 1. The molecule has 0 aromatic carbocycles. The second-order valence-electron chi connectivity index (χ2n) is 7.11. The first-order chi connectivity index (χ1) is 8.19. The molecule has 0 aromatic rings. The molecule has 0 radical (unpaired) electrons. The van der Waals surface area contributed by atoms with Crippen molar-refractivity contribution in [3.8, 4) is 0 Å². The molecule has 0 amide bonds. The molecule has 3 nitrogen and oxygen atoms in total. The van der Waals surface area contributed by atoms with Crippen molar-refractivity contribution in [1.29, 1.82) is 0 Å². The normalized spacial score (nSPS) is 36.3. The summed E-state index contributed by atoms with van der Waals surface area (Å²) in [6.07, 6.45) is 5.84. The Morgan fingerprint density at radius 1 is 1.39 bits per heavy atom. The molecule has 0 saturated heterocycles. The number of aliphatic hydroxyl groups excluding tert-OH is 1. The van der Waals surface area contributed by atoms with Gasteiger partial charge in [0.25, 0.3) is 0 Å². The van der Waals surface area contributed by atoms with Crippen LogP contribution in [0.4, 0.5) is 0 Å². The molecule has 0 aromatic heterocycles. The van der Waals surface area contributed by atoms with E-state index in [1.165, 1.54) is 0 Å². The number of ether oxygens (including phenoxy) is 1. The minimum Gasteiger partial charge on any atom is -0.489 e. The molecule has 1 spiro atoms. The third-order valence-electron chi connectivity index (χ3n) is 4.87. The Balaban J connectivity index is 2.15. The zero-order valence-corrected chi connectivity index (χ0v) is 13.2. The van der Waals surface area contributed by atoms with E-state index >= 15 is 0 Å². The molecule has 3 atom stereocenters. The van der Waals surface area contributed by atoms with Gasteiger partial charge in [0.15, 0.2) is 13.9 Å². The van der Waals surface area contributed by atoms with E-state index in [4.69, 9.17) is 9.16 Å². The van der Waals surface area contributed by atoms with Gasteiger partial charge in [0.2, 0.25) is 0 Å². The van der Waals surface area contributed by atoms with Crippen molar-refractivity contribution < 1.29 is 14.3 Å². The Labute approximate surface area is 111 Å². The summed E-state index contributed by atoms with van der Waals surface area (Å²) >= 11 is 0. The van der Waals surface area contributed by atoms with E-state index in [9.17, 15) is 5.11 Å². The molecule has 18 heavy (non-hydrogen) atoms. The number of hydrogen-bond acceptors (Lipinski definition) is 3. The van der Waals surface area contributed by atoms with Gasteiger partial charge in [0.1, 0.15) is 6.10 Å². The first-order valence-electron chi connectivity index (χ1n) is 6.89. The highest BCUT2D eigenvalue weighted by molar-refractivity contribution is 6.74. The maximum atomic E-state index is 10.2. The van der Waals surface area contributed by atoms with Gasteiger partial charge in [-0.25, -0.2) is 0 Å². The van der Waals surface area contributed by atoms with Gasteiger partial charge >= 0.3 is 0 Å².